The van der Waals surface area contributed by atoms with E-state index in [-0.39, 0.29) is 54.1 Å². The Bertz CT molecular complexity index is 162. The Labute approximate surface area is 102 Å². The van der Waals surface area contributed by atoms with Crippen LogP contribution in [0, 0.1) is 35.6 Å². The normalized spacial score (nSPS) is 9.54. The number of hydrogen-bond donors (Lipinski definition) is 3. The molecule has 13 heavy (non-hydrogen) atoms. The fourth-order valence-electron chi connectivity index (χ4n) is 0.122. The number of phosphoric acid groups is 2. The predicted octanol–water partition coefficient (Wildman–Crippen LogP) is -2.21. The summed E-state index contributed by atoms with van der Waals surface area (Å²) in [5.41, 5.74) is 0. The number of rotatable bonds is 2. The van der Waals surface area contributed by atoms with Crippen molar-refractivity contribution in [2.45, 2.75) is 0 Å². The molecule has 0 saturated heterocycles. The van der Waals surface area contributed by atoms with E-state index in [4.69, 9.17) is 0 Å². The van der Waals surface area contributed by atoms with E-state index in [1.54, 1.807) is 0 Å². The van der Waals surface area contributed by atoms with Crippen LogP contribution in [-0.4, -0.2) is 0 Å². The summed E-state index contributed by atoms with van der Waals surface area (Å²) in [7, 11) is -11.4. The fraction of sp³-hybridized carbons (Fsp3) is 0. The Morgan fingerprint density at radius 1 is 0.769 bits per heavy atom. The van der Waals surface area contributed by atoms with E-state index in [1.165, 1.54) is 0 Å². The zero-order valence-corrected chi connectivity index (χ0v) is 12.7. The number of hydrogen-bond acceptors (Lipinski definition) is 7. The first kappa shape index (κ1) is 29.3. The summed E-state index contributed by atoms with van der Waals surface area (Å²) in [6.07, 6.45) is 0. The third-order valence-corrected chi connectivity index (χ3v) is 1.80. The Balaban J connectivity index is -0.0000000533. The van der Waals surface area contributed by atoms with E-state index in [0.29, 0.717) is 0 Å². The molecule has 0 unspecified atom stereocenters. The molecule has 83 valence electrons. The largest absolute Gasteiger partial charge is 0.790 e. The minimum atomic E-state index is -5.68. The predicted molar refractivity (Wildman–Crippen MR) is 34.3 cm³/mol. The van der Waals surface area contributed by atoms with Crippen molar-refractivity contribution >= 4 is 15.6 Å². The van der Waals surface area contributed by atoms with Crippen LogP contribution in [0.25, 0.3) is 0 Å². The zero-order chi connectivity index (χ0) is 7.71. The van der Waals surface area contributed by atoms with Gasteiger partial charge in [0.2, 0.25) is 0 Å². The molecular weight excluding hydrogens is 355 g/mol. The molecule has 0 rings (SSSR count). The second kappa shape index (κ2) is 9.87. The second-order valence-corrected chi connectivity index (χ2v) is 3.42. The topological polar surface area (TPSA) is 245 Å². The first-order valence-electron chi connectivity index (χ1n) is 1.46. The molecule has 13 heteroatoms. The van der Waals surface area contributed by atoms with Crippen LogP contribution in [0.15, 0.2) is 0 Å². The quantitative estimate of drug-likeness (QED) is 0.453. The van der Waals surface area contributed by atoms with Gasteiger partial charge in [0, 0.05) is 35.6 Å². The van der Waals surface area contributed by atoms with E-state index < -0.39 is 15.6 Å². The minimum Gasteiger partial charge on any atom is -0.790 e. The van der Waals surface area contributed by atoms with Crippen LogP contribution in [0.2, 0.25) is 0 Å². The van der Waals surface area contributed by atoms with E-state index in [1.807, 2.05) is 0 Å². The third-order valence-electron chi connectivity index (χ3n) is 0.200. The maximum atomic E-state index is 9.32. The molecule has 12 N–H and O–H groups in total. The molecule has 10 nitrogen and oxygen atoms in total. The fourth-order valence-corrected chi connectivity index (χ4v) is 1.10. The molecule has 0 aromatic heterocycles. The van der Waals surface area contributed by atoms with Crippen molar-refractivity contribution in [3.8, 4) is 0 Å². The maximum Gasteiger partial charge on any atom is 0.0655 e. The summed E-state index contributed by atoms with van der Waals surface area (Å²) >= 11 is 0. The van der Waals surface area contributed by atoms with Crippen molar-refractivity contribution in [3.63, 3.8) is 0 Å². The standard InChI is InChI=1S/La.3H3N.H4O7P2/c;;;;1-8(2,3)7-9(4,5)6/h;3*1H3;(H2,1,2,3)(H2,4,5,6)/p-1. The van der Waals surface area contributed by atoms with Crippen molar-refractivity contribution in [3.05, 3.63) is 0 Å². The first-order chi connectivity index (χ1) is 3.71. The second-order valence-electron chi connectivity index (χ2n) is 0.976. The van der Waals surface area contributed by atoms with E-state index in [9.17, 15) is 28.7 Å². The van der Waals surface area contributed by atoms with Gasteiger partial charge in [0.25, 0.3) is 0 Å². The first-order valence-corrected chi connectivity index (χ1v) is 4.38. The molecule has 0 spiro atoms. The van der Waals surface area contributed by atoms with Crippen molar-refractivity contribution in [1.29, 1.82) is 0 Å². The summed E-state index contributed by atoms with van der Waals surface area (Å²) in [5.74, 6) is 0. The van der Waals surface area contributed by atoms with Gasteiger partial charge in [0.1, 0.15) is 0 Å². The van der Waals surface area contributed by atoms with Crippen LogP contribution in [-0.2, 0) is 13.4 Å². The zero-order valence-electron chi connectivity index (χ0n) is 7.33. The van der Waals surface area contributed by atoms with Crippen LogP contribution in [0.5, 0.6) is 0 Å². The molecule has 0 fully saturated rings. The molecule has 0 amide bonds. The van der Waals surface area contributed by atoms with Crippen molar-refractivity contribution in [2.24, 2.45) is 0 Å². The molecule has 0 aromatic carbocycles. The smallest absolute Gasteiger partial charge is 0.0655 e. The Morgan fingerprint density at radius 3 is 0.923 bits per heavy atom. The monoisotopic (exact) mass is 367 g/mol. The molecular formula is H12LaN3O7P2-. The summed E-state index contributed by atoms with van der Waals surface area (Å²) in [4.78, 5) is 37.3. The Morgan fingerprint density at radius 2 is 0.923 bits per heavy atom. The summed E-state index contributed by atoms with van der Waals surface area (Å²) < 4.78 is 21.2. The van der Waals surface area contributed by atoms with Gasteiger partial charge in [-0.1, -0.05) is 0 Å². The SMILES string of the molecule is O=P([O-])([O-])OP(=O)([O-])[O-].[La].[NH4+].[NH4+].[NH4+]. The van der Waals surface area contributed by atoms with Gasteiger partial charge in [-0.3, -0.25) is 0 Å². The summed E-state index contributed by atoms with van der Waals surface area (Å²) in [6.45, 7) is 0. The van der Waals surface area contributed by atoms with Gasteiger partial charge in [-0.15, -0.1) is 0 Å². The Hall–Kier alpha value is 1.33. The third kappa shape index (κ3) is 31.8. The van der Waals surface area contributed by atoms with Gasteiger partial charge in [0.15, 0.2) is 0 Å². The van der Waals surface area contributed by atoms with Gasteiger partial charge in [0.05, 0.1) is 15.6 Å². The molecule has 0 bridgehead atoms. The van der Waals surface area contributed by atoms with Crippen LogP contribution in [0.4, 0.5) is 0 Å². The molecule has 0 aliphatic carbocycles. The van der Waals surface area contributed by atoms with Crippen LogP contribution in [0.1, 0.15) is 0 Å². The Kier molecular flexibility index (Phi) is 22.2. The van der Waals surface area contributed by atoms with E-state index in [2.05, 4.69) is 4.31 Å². The minimum absolute atomic E-state index is 0. The van der Waals surface area contributed by atoms with Gasteiger partial charge in [-0.2, -0.15) is 0 Å². The van der Waals surface area contributed by atoms with E-state index >= 15 is 0 Å². The van der Waals surface area contributed by atoms with Gasteiger partial charge in [-0.05, 0) is 0 Å². The average Bonchev–Trinajstić information content (AvgIpc) is 1.14. The molecule has 0 aromatic rings. The van der Waals surface area contributed by atoms with Gasteiger partial charge in [-0.25, -0.2) is 0 Å². The van der Waals surface area contributed by atoms with Crippen molar-refractivity contribution < 1.29 is 68.6 Å². The summed E-state index contributed by atoms with van der Waals surface area (Å²) in [5, 5.41) is 0. The van der Waals surface area contributed by atoms with Crippen molar-refractivity contribution in [2.75, 3.05) is 0 Å². The molecule has 0 saturated carbocycles. The average molecular weight is 367 g/mol. The molecule has 1 radical (unpaired) electrons. The van der Waals surface area contributed by atoms with Crippen LogP contribution >= 0.6 is 15.6 Å². The summed E-state index contributed by atoms with van der Waals surface area (Å²) in [6, 6.07) is 0. The molecule has 0 aliphatic heterocycles. The van der Waals surface area contributed by atoms with Gasteiger partial charge < -0.3 is 51.5 Å². The molecule has 0 atom stereocenters. The van der Waals surface area contributed by atoms with Crippen molar-refractivity contribution in [1.82, 2.24) is 18.5 Å². The van der Waals surface area contributed by atoms with Gasteiger partial charge >= 0.3 is 0 Å². The van der Waals surface area contributed by atoms with Crippen LogP contribution in [0.3, 0.4) is 0 Å². The maximum absolute atomic E-state index is 9.32. The van der Waals surface area contributed by atoms with Crippen LogP contribution < -0.4 is 38.0 Å². The number of quaternary nitrogens is 3. The molecule has 0 aliphatic rings. The van der Waals surface area contributed by atoms with E-state index in [0.717, 1.165) is 0 Å². The molecule has 0 heterocycles.